The summed E-state index contributed by atoms with van der Waals surface area (Å²) >= 11 is 15.6. The Labute approximate surface area is 641 Å². The highest BCUT2D eigenvalue weighted by Gasteiger charge is 2.36. The topological polar surface area (TPSA) is 246 Å². The molecule has 562 valence electrons. The number of nitrogens with two attached hydrogens (primary N) is 3. The van der Waals surface area contributed by atoms with Crippen LogP contribution in [0.5, 0.6) is 0 Å². The van der Waals surface area contributed by atoms with Crippen LogP contribution in [-0.4, -0.2) is 165 Å². The van der Waals surface area contributed by atoms with E-state index in [4.69, 9.17) is 53.9 Å². The number of benzene rings is 6. The number of amides is 1. The maximum atomic E-state index is 12.7. The molecule has 5 saturated heterocycles. The summed E-state index contributed by atoms with van der Waals surface area (Å²) in [5.74, 6) is 0.670. The predicted molar refractivity (Wildman–Crippen MR) is 442 cm³/mol. The average Bonchev–Trinajstić information content (AvgIpc) is 1.62. The first-order chi connectivity index (χ1) is 50.4. The number of carbonyl (C=O) groups excluding carboxylic acids is 2. The van der Waals surface area contributed by atoms with Crippen LogP contribution in [0.4, 0.5) is 5.69 Å². The lowest BCUT2D eigenvalue weighted by Crippen LogP contribution is -2.47. The summed E-state index contributed by atoms with van der Waals surface area (Å²) in [6.45, 7) is 18.1. The summed E-state index contributed by atoms with van der Waals surface area (Å²) in [5, 5.41) is 2.18. The first kappa shape index (κ1) is 78.0. The number of likely N-dealkylation sites (tertiary alicyclic amines) is 1. The predicted octanol–water partition coefficient (Wildman–Crippen LogP) is 13.5. The van der Waals surface area contributed by atoms with E-state index in [-0.39, 0.29) is 35.2 Å². The van der Waals surface area contributed by atoms with Gasteiger partial charge in [-0.25, -0.2) is 38.2 Å². The Morgan fingerprint density at radius 3 is 1.21 bits per heavy atom. The van der Waals surface area contributed by atoms with E-state index in [0.717, 1.165) is 154 Å². The van der Waals surface area contributed by atoms with Crippen LogP contribution in [0.3, 0.4) is 0 Å². The largest absolute Gasteiger partial charge is 0.389 e. The third-order valence-electron chi connectivity index (χ3n) is 22.0. The number of aryl methyl sites for hydroxylation is 2. The second-order valence-corrected chi connectivity index (χ2v) is 38.8. The lowest BCUT2D eigenvalue weighted by molar-refractivity contribution is -0.127. The van der Waals surface area contributed by atoms with Gasteiger partial charge in [-0.05, 0) is 177 Å². The number of anilines is 1. The summed E-state index contributed by atoms with van der Waals surface area (Å²) < 4.78 is 87.9. The summed E-state index contributed by atoms with van der Waals surface area (Å²) in [7, 11) is -7.69. The molecule has 25 heteroatoms. The molecule has 0 atom stereocenters. The van der Waals surface area contributed by atoms with Gasteiger partial charge in [-0.15, -0.1) is 0 Å². The summed E-state index contributed by atoms with van der Waals surface area (Å²) in [4.78, 5) is 30.2. The van der Waals surface area contributed by atoms with E-state index in [1.54, 1.807) is 54.5 Å². The molecular formula is C81H99N11O8S6. The van der Waals surface area contributed by atoms with Gasteiger partial charge in [0.05, 0.1) is 21.3 Å². The zero-order chi connectivity index (χ0) is 75.8. The maximum Gasteiger partial charge on any atom is 0.227 e. The summed E-state index contributed by atoms with van der Waals surface area (Å²) in [6, 6.07) is 43.8. The van der Waals surface area contributed by atoms with Crippen molar-refractivity contribution in [3.05, 3.63) is 174 Å². The fourth-order valence-electron chi connectivity index (χ4n) is 15.7. The van der Waals surface area contributed by atoms with Crippen LogP contribution in [0.2, 0.25) is 0 Å². The Balaban J connectivity index is 0.000000150. The Kier molecular flexibility index (Phi) is 23.8. The molecule has 6 N–H and O–H groups in total. The zero-order valence-corrected chi connectivity index (χ0v) is 66.8. The maximum absolute atomic E-state index is 12.7. The Bertz CT molecular complexity index is 5190. The number of ketones is 1. The number of aromatic nitrogens is 3. The van der Waals surface area contributed by atoms with Gasteiger partial charge in [-0.1, -0.05) is 122 Å². The number of thiocarbonyl (C=S) groups is 3. The minimum absolute atomic E-state index is 0.156. The number of sulfonamides is 3. The highest BCUT2D eigenvalue weighted by Crippen LogP contribution is 2.42. The van der Waals surface area contributed by atoms with Crippen molar-refractivity contribution < 1.29 is 34.8 Å². The van der Waals surface area contributed by atoms with Gasteiger partial charge < -0.3 is 40.7 Å². The Hall–Kier alpha value is -7.56. The van der Waals surface area contributed by atoms with Crippen molar-refractivity contribution >= 4 is 132 Å². The van der Waals surface area contributed by atoms with E-state index in [1.807, 2.05) is 72.6 Å². The molecule has 14 rings (SSSR count). The van der Waals surface area contributed by atoms with Gasteiger partial charge in [0, 0.05) is 181 Å². The third-order valence-corrected chi connectivity index (χ3v) is 29.5. The van der Waals surface area contributed by atoms with Crippen LogP contribution in [-0.2, 0) is 46.1 Å². The number of carbonyl (C=O) groups is 2. The van der Waals surface area contributed by atoms with E-state index in [1.165, 1.54) is 16.5 Å². The van der Waals surface area contributed by atoms with E-state index in [0.29, 0.717) is 72.9 Å². The van der Waals surface area contributed by atoms with Crippen molar-refractivity contribution in [3.63, 3.8) is 0 Å². The number of rotatable bonds is 20. The zero-order valence-electron chi connectivity index (χ0n) is 61.9. The molecule has 0 aliphatic carbocycles. The number of nitrogens with zero attached hydrogens (tertiary/aromatic N) is 8. The van der Waals surface area contributed by atoms with Crippen LogP contribution in [0, 0.1) is 12.8 Å². The molecule has 0 saturated carbocycles. The minimum Gasteiger partial charge on any atom is -0.389 e. The number of piperidine rings is 3. The normalized spacial score (nSPS) is 17.5. The minimum atomic E-state index is -3.27. The smallest absolute Gasteiger partial charge is 0.227 e. The van der Waals surface area contributed by atoms with Crippen molar-refractivity contribution in [1.29, 1.82) is 0 Å². The van der Waals surface area contributed by atoms with Crippen molar-refractivity contribution in [2.45, 2.75) is 147 Å². The quantitative estimate of drug-likeness (QED) is 0.0601. The van der Waals surface area contributed by atoms with Gasteiger partial charge in [0.2, 0.25) is 36.0 Å². The Morgan fingerprint density at radius 2 is 0.849 bits per heavy atom. The lowest BCUT2D eigenvalue weighted by atomic mass is 9.92. The van der Waals surface area contributed by atoms with Crippen LogP contribution in [0.15, 0.2) is 146 Å². The van der Waals surface area contributed by atoms with Crippen molar-refractivity contribution in [1.82, 2.24) is 31.5 Å². The molecule has 0 bridgehead atoms. The molecule has 8 heterocycles. The second kappa shape index (κ2) is 32.3. The van der Waals surface area contributed by atoms with Gasteiger partial charge in [0.1, 0.15) is 20.7 Å². The van der Waals surface area contributed by atoms with Crippen molar-refractivity contribution in [2.75, 3.05) is 70.9 Å². The van der Waals surface area contributed by atoms with Gasteiger partial charge in [-0.2, -0.15) is 0 Å². The SMILES string of the molecule is CC(C)S(=O)(=O)N1CCC(n2cc(-c3cccc(C(N)=S)c3)c3ccc(CCC(=O)C4CN(C)C4)cc32)CC1.CC(C)S(=O)(=O)N1CCC(n2cc(-c3cccc(C(N)=S)c3)c3ccc(N4CCCC4=O)cc32)CC1.Cc1ccc2c(-c3cccc(C(N)=S)c3)cn(C3CCN(S(=O)(=O)C(C)C)CC3)c2c1. The molecule has 3 aromatic heterocycles. The van der Waals surface area contributed by atoms with Crippen molar-refractivity contribution in [2.24, 2.45) is 23.1 Å². The fraction of sp³-hybridized carbons (Fsp3) is 0.420. The van der Waals surface area contributed by atoms with Crippen molar-refractivity contribution in [3.8, 4) is 33.4 Å². The van der Waals surface area contributed by atoms with Gasteiger partial charge in [0.15, 0.2) is 0 Å². The van der Waals surface area contributed by atoms with Gasteiger partial charge >= 0.3 is 0 Å². The monoisotopic (exact) mass is 1550 g/mol. The molecule has 106 heavy (non-hydrogen) atoms. The van der Waals surface area contributed by atoms with Gasteiger partial charge in [-0.3, -0.25) is 9.59 Å². The number of hydrogen-bond donors (Lipinski definition) is 3. The number of Topliss-reactive ketones (excluding diaryl/α,β-unsaturated/α-hetero) is 1. The average molecular weight is 1550 g/mol. The summed E-state index contributed by atoms with van der Waals surface area (Å²) in [5.41, 5.74) is 33.2. The highest BCUT2D eigenvalue weighted by atomic mass is 32.2. The Morgan fingerprint density at radius 1 is 0.481 bits per heavy atom. The number of hydrogen-bond acceptors (Lipinski definition) is 12. The molecule has 5 fully saturated rings. The molecular weight excluding hydrogens is 1450 g/mol. The van der Waals surface area contributed by atoms with E-state index in [9.17, 15) is 34.8 Å². The molecule has 19 nitrogen and oxygen atoms in total. The van der Waals surface area contributed by atoms with E-state index >= 15 is 0 Å². The lowest BCUT2D eigenvalue weighted by Gasteiger charge is -2.35. The first-order valence-corrected chi connectivity index (χ1v) is 42.7. The first-order valence-electron chi connectivity index (χ1n) is 37.0. The van der Waals surface area contributed by atoms with E-state index < -0.39 is 40.6 Å². The molecule has 0 unspecified atom stereocenters. The third kappa shape index (κ3) is 16.5. The van der Waals surface area contributed by atoms with E-state index in [2.05, 4.69) is 111 Å². The molecule has 1 amide bonds. The molecule has 5 aliphatic heterocycles. The van der Waals surface area contributed by atoms with Gasteiger partial charge in [0.25, 0.3) is 0 Å². The molecule has 0 radical (unpaired) electrons. The van der Waals surface area contributed by atoms with Crippen LogP contribution in [0.25, 0.3) is 66.1 Å². The number of fused-ring (bicyclic) bond motifs is 3. The van der Waals surface area contributed by atoms with Crippen LogP contribution in [0.1, 0.15) is 145 Å². The molecule has 5 aliphatic rings. The standard InChI is InChI=1S/C30H38N4O3S2.C27H32N4O3S2.C24H29N3O2S2/c1-20(2)39(36,37)33-13-11-25(12-14-33)34-19-27(22-5-4-6-23(16-22)30(31)38)26-9-7-21(15-28(26)34)8-10-29(35)24-17-32(3)18-24;1-18(2)36(33,34)29-13-10-21(11-14-29)31-17-24(19-5-3-6-20(15-19)27(28)35)23-9-8-22(16-25(23)31)30-12-4-7-26(30)32;1-16(2)31(28,29)26-11-9-20(10-12-26)27-15-22(21-8-7-17(3)13-23(21)27)18-5-4-6-19(14-18)24(25)30/h4-7,9,15-16,19-20,24-25H,8,10-14,17-18H2,1-3H3,(H2,31,38);3,5-6,8-9,15-18,21H,4,7,10-14H2,1-2H3,(H2,28,35);4-8,13-16,20H,9-12H2,1-3H3,(H2,25,30). The molecule has 9 aromatic rings. The molecule has 6 aromatic carbocycles. The second-order valence-electron chi connectivity index (χ2n) is 30.0. The van der Waals surface area contributed by atoms with Crippen LogP contribution >= 0.6 is 36.7 Å². The fourth-order valence-corrected chi connectivity index (χ4v) is 20.0. The highest BCUT2D eigenvalue weighted by molar-refractivity contribution is 7.90. The van der Waals surface area contributed by atoms with Crippen LogP contribution < -0.4 is 22.1 Å². The summed E-state index contributed by atoms with van der Waals surface area (Å²) in [6.07, 6.45) is 13.9. The molecule has 0 spiro atoms.